The molecule has 1 atom stereocenters. The maximum atomic E-state index is 5.75. The zero-order chi connectivity index (χ0) is 12.5. The van der Waals surface area contributed by atoms with Gasteiger partial charge in [-0.1, -0.05) is 32.6 Å². The first-order valence-electron chi connectivity index (χ1n) is 7.57. The molecule has 1 N–H and O–H groups in total. The lowest BCUT2D eigenvalue weighted by Crippen LogP contribution is -2.35. The summed E-state index contributed by atoms with van der Waals surface area (Å²) in [5.41, 5.74) is 0. The van der Waals surface area contributed by atoms with Gasteiger partial charge in [-0.05, 0) is 45.6 Å². The van der Waals surface area contributed by atoms with Gasteiger partial charge in [-0.15, -0.1) is 0 Å². The van der Waals surface area contributed by atoms with Gasteiger partial charge in [0.15, 0.2) is 0 Å². The second-order valence-corrected chi connectivity index (χ2v) is 5.76. The number of rotatable bonds is 9. The Labute approximate surface area is 108 Å². The Kier molecular flexibility index (Phi) is 7.87. The van der Waals surface area contributed by atoms with Crippen LogP contribution in [0.1, 0.15) is 65.7 Å². The quantitative estimate of drug-likeness (QED) is 0.664. The van der Waals surface area contributed by atoms with Crippen molar-refractivity contribution < 1.29 is 4.74 Å². The molecule has 17 heavy (non-hydrogen) atoms. The van der Waals surface area contributed by atoms with Crippen molar-refractivity contribution in [3.8, 4) is 0 Å². The van der Waals surface area contributed by atoms with Crippen LogP contribution >= 0.6 is 0 Å². The van der Waals surface area contributed by atoms with Crippen molar-refractivity contribution in [1.29, 1.82) is 0 Å². The van der Waals surface area contributed by atoms with Crippen molar-refractivity contribution in [2.24, 2.45) is 5.92 Å². The first-order valence-corrected chi connectivity index (χ1v) is 7.57. The van der Waals surface area contributed by atoms with E-state index < -0.39 is 0 Å². The second kappa shape index (κ2) is 8.93. The highest BCUT2D eigenvalue weighted by molar-refractivity contribution is 4.73. The van der Waals surface area contributed by atoms with Crippen LogP contribution in [0.2, 0.25) is 0 Å². The molecule has 2 heteroatoms. The van der Waals surface area contributed by atoms with Crippen molar-refractivity contribution in [1.82, 2.24) is 5.32 Å². The SMILES string of the molecule is CCCNC(CCC1CCCC1)COC(C)C. The number of ether oxygens (including phenoxy) is 1. The number of hydrogen-bond donors (Lipinski definition) is 1. The molecular weight excluding hydrogens is 210 g/mol. The van der Waals surface area contributed by atoms with Gasteiger partial charge in [-0.25, -0.2) is 0 Å². The van der Waals surface area contributed by atoms with Gasteiger partial charge < -0.3 is 10.1 Å². The normalized spacial score (nSPS) is 19.1. The zero-order valence-electron chi connectivity index (χ0n) is 12.0. The van der Waals surface area contributed by atoms with Crippen LogP contribution in [0.25, 0.3) is 0 Å². The van der Waals surface area contributed by atoms with Crippen LogP contribution < -0.4 is 5.32 Å². The fourth-order valence-corrected chi connectivity index (χ4v) is 2.64. The summed E-state index contributed by atoms with van der Waals surface area (Å²) in [4.78, 5) is 0. The molecule has 1 aliphatic carbocycles. The van der Waals surface area contributed by atoms with E-state index in [0.29, 0.717) is 12.1 Å². The maximum Gasteiger partial charge on any atom is 0.0623 e. The summed E-state index contributed by atoms with van der Waals surface area (Å²) < 4.78 is 5.75. The Morgan fingerprint density at radius 3 is 2.53 bits per heavy atom. The Morgan fingerprint density at radius 2 is 1.94 bits per heavy atom. The molecular formula is C15H31NO. The van der Waals surface area contributed by atoms with Gasteiger partial charge in [0, 0.05) is 6.04 Å². The molecule has 0 bridgehead atoms. The van der Waals surface area contributed by atoms with Gasteiger partial charge in [0.1, 0.15) is 0 Å². The van der Waals surface area contributed by atoms with Crippen molar-refractivity contribution in [3.05, 3.63) is 0 Å². The summed E-state index contributed by atoms with van der Waals surface area (Å²) in [7, 11) is 0. The zero-order valence-corrected chi connectivity index (χ0v) is 12.0. The average molecular weight is 241 g/mol. The number of nitrogens with one attached hydrogen (secondary N) is 1. The number of hydrogen-bond acceptors (Lipinski definition) is 2. The van der Waals surface area contributed by atoms with Crippen molar-refractivity contribution in [2.75, 3.05) is 13.2 Å². The molecule has 0 aromatic heterocycles. The van der Waals surface area contributed by atoms with Gasteiger partial charge in [0.05, 0.1) is 12.7 Å². The van der Waals surface area contributed by atoms with E-state index in [1.54, 1.807) is 0 Å². The molecule has 1 unspecified atom stereocenters. The van der Waals surface area contributed by atoms with Gasteiger partial charge in [-0.2, -0.15) is 0 Å². The molecule has 1 rings (SSSR count). The van der Waals surface area contributed by atoms with E-state index in [9.17, 15) is 0 Å². The van der Waals surface area contributed by atoms with Crippen LogP contribution in [0.3, 0.4) is 0 Å². The summed E-state index contributed by atoms with van der Waals surface area (Å²) in [6, 6.07) is 0.568. The Hall–Kier alpha value is -0.0800. The van der Waals surface area contributed by atoms with Crippen molar-refractivity contribution in [2.45, 2.75) is 77.9 Å². The molecule has 1 fully saturated rings. The summed E-state index contributed by atoms with van der Waals surface area (Å²) in [6.45, 7) is 8.47. The molecule has 2 nitrogen and oxygen atoms in total. The molecule has 0 saturated heterocycles. The van der Waals surface area contributed by atoms with Gasteiger partial charge in [0.2, 0.25) is 0 Å². The van der Waals surface area contributed by atoms with E-state index in [4.69, 9.17) is 4.74 Å². The predicted octanol–water partition coefficient (Wildman–Crippen LogP) is 3.75. The predicted molar refractivity (Wildman–Crippen MR) is 74.4 cm³/mol. The van der Waals surface area contributed by atoms with Gasteiger partial charge in [-0.3, -0.25) is 0 Å². The minimum Gasteiger partial charge on any atom is -0.377 e. The molecule has 0 aromatic rings. The molecule has 1 saturated carbocycles. The van der Waals surface area contributed by atoms with Crippen LogP contribution in [0.15, 0.2) is 0 Å². The molecule has 0 amide bonds. The monoisotopic (exact) mass is 241 g/mol. The fraction of sp³-hybridized carbons (Fsp3) is 1.00. The van der Waals surface area contributed by atoms with Crippen molar-refractivity contribution >= 4 is 0 Å². The minimum atomic E-state index is 0.354. The average Bonchev–Trinajstić information content (AvgIpc) is 2.80. The second-order valence-electron chi connectivity index (χ2n) is 5.76. The minimum absolute atomic E-state index is 0.354. The highest BCUT2D eigenvalue weighted by Gasteiger charge is 2.17. The van der Waals surface area contributed by atoms with Crippen LogP contribution in [-0.2, 0) is 4.74 Å². The van der Waals surface area contributed by atoms with Crippen LogP contribution in [0.5, 0.6) is 0 Å². The molecule has 0 aliphatic heterocycles. The van der Waals surface area contributed by atoms with Crippen LogP contribution in [0.4, 0.5) is 0 Å². The lowest BCUT2D eigenvalue weighted by atomic mass is 9.98. The summed E-state index contributed by atoms with van der Waals surface area (Å²) in [5.74, 6) is 1.000. The molecule has 0 heterocycles. The third-order valence-corrected chi connectivity index (χ3v) is 3.71. The lowest BCUT2D eigenvalue weighted by molar-refractivity contribution is 0.0582. The van der Waals surface area contributed by atoms with E-state index >= 15 is 0 Å². The summed E-state index contributed by atoms with van der Waals surface area (Å²) in [5, 5.41) is 3.62. The third kappa shape index (κ3) is 7.05. The van der Waals surface area contributed by atoms with E-state index in [1.807, 2.05) is 0 Å². The van der Waals surface area contributed by atoms with E-state index in [2.05, 4.69) is 26.1 Å². The Bertz CT molecular complexity index is 176. The third-order valence-electron chi connectivity index (χ3n) is 3.71. The van der Waals surface area contributed by atoms with Gasteiger partial charge in [0.25, 0.3) is 0 Å². The first kappa shape index (κ1) is 15.0. The van der Waals surface area contributed by atoms with Crippen LogP contribution in [-0.4, -0.2) is 25.3 Å². The highest BCUT2D eigenvalue weighted by atomic mass is 16.5. The fourth-order valence-electron chi connectivity index (χ4n) is 2.64. The molecule has 0 radical (unpaired) electrons. The van der Waals surface area contributed by atoms with Crippen molar-refractivity contribution in [3.63, 3.8) is 0 Å². The molecule has 0 aromatic carbocycles. The van der Waals surface area contributed by atoms with E-state index in [-0.39, 0.29) is 0 Å². The summed E-state index contributed by atoms with van der Waals surface area (Å²) in [6.07, 6.45) is 10.1. The summed E-state index contributed by atoms with van der Waals surface area (Å²) >= 11 is 0. The van der Waals surface area contributed by atoms with E-state index in [0.717, 1.165) is 19.1 Å². The van der Waals surface area contributed by atoms with Gasteiger partial charge >= 0.3 is 0 Å². The molecule has 0 spiro atoms. The highest BCUT2D eigenvalue weighted by Crippen LogP contribution is 2.28. The largest absolute Gasteiger partial charge is 0.377 e. The Morgan fingerprint density at radius 1 is 1.24 bits per heavy atom. The Balaban J connectivity index is 2.18. The lowest BCUT2D eigenvalue weighted by Gasteiger charge is -2.21. The molecule has 1 aliphatic rings. The topological polar surface area (TPSA) is 21.3 Å². The smallest absolute Gasteiger partial charge is 0.0623 e. The maximum absolute atomic E-state index is 5.75. The first-order chi connectivity index (χ1) is 8.22. The standard InChI is InChI=1S/C15H31NO/c1-4-11-16-15(12-17-13(2)3)10-9-14-7-5-6-8-14/h13-16H,4-12H2,1-3H3. The van der Waals surface area contributed by atoms with E-state index in [1.165, 1.54) is 44.9 Å². The molecule has 102 valence electrons. The van der Waals surface area contributed by atoms with Crippen LogP contribution in [0, 0.1) is 5.92 Å².